The Morgan fingerprint density at radius 1 is 0.821 bits per heavy atom. The normalized spacial score (nSPS) is 10.8. The van der Waals surface area contributed by atoms with Gasteiger partial charge in [-0.15, -0.1) is 0 Å². The number of amides is 1. The number of hydrogen-bond acceptors (Lipinski definition) is 2. The van der Waals surface area contributed by atoms with Crippen LogP contribution < -0.4 is 5.32 Å². The van der Waals surface area contributed by atoms with Gasteiger partial charge in [-0.1, -0.05) is 71.2 Å². The maximum atomic E-state index is 12.8. The van der Waals surface area contributed by atoms with E-state index in [0.717, 1.165) is 0 Å². The number of nitrogens with one attached hydrogen (secondary N) is 1. The lowest BCUT2D eigenvalue weighted by molar-refractivity contribution is -0.111. The summed E-state index contributed by atoms with van der Waals surface area (Å²) in [5, 5.41) is 4.06. The van der Waals surface area contributed by atoms with Gasteiger partial charge >= 0.3 is 0 Å². The second-order valence-electron chi connectivity index (χ2n) is 5.87. The summed E-state index contributed by atoms with van der Waals surface area (Å²) in [6, 6.07) is 18.5. The molecule has 0 aliphatic rings. The van der Waals surface area contributed by atoms with Gasteiger partial charge in [-0.3, -0.25) is 9.59 Å². The zero-order valence-electron chi connectivity index (χ0n) is 14.5. The topological polar surface area (TPSA) is 46.2 Å². The summed E-state index contributed by atoms with van der Waals surface area (Å²) in [5.74, 6) is -0.640. The number of carbonyl (C=O) groups excluding carboxylic acids is 2. The monoisotopic (exact) mass is 429 g/mol. The Hall–Kier alpha value is -2.59. The highest BCUT2D eigenvalue weighted by Gasteiger charge is 2.15. The zero-order chi connectivity index (χ0) is 20.1. The number of hydrogen-bond donors (Lipinski definition) is 1. The van der Waals surface area contributed by atoms with Crippen LogP contribution in [0.5, 0.6) is 0 Å². The molecule has 0 radical (unpaired) electrons. The van der Waals surface area contributed by atoms with Gasteiger partial charge in [-0.2, -0.15) is 0 Å². The molecule has 0 spiro atoms. The van der Waals surface area contributed by atoms with Gasteiger partial charge in [-0.05, 0) is 42.0 Å². The van der Waals surface area contributed by atoms with Gasteiger partial charge in [-0.25, -0.2) is 0 Å². The van der Waals surface area contributed by atoms with Crippen molar-refractivity contribution in [1.29, 1.82) is 0 Å². The van der Waals surface area contributed by atoms with E-state index in [1.165, 1.54) is 12.1 Å². The molecule has 0 saturated carbocycles. The second kappa shape index (κ2) is 9.07. The van der Waals surface area contributed by atoms with Gasteiger partial charge in [0.05, 0.1) is 5.69 Å². The largest absolute Gasteiger partial charge is 0.322 e. The molecule has 3 rings (SSSR count). The maximum Gasteiger partial charge on any atom is 0.248 e. The predicted molar refractivity (Wildman–Crippen MR) is 115 cm³/mol. The van der Waals surface area contributed by atoms with E-state index in [-0.39, 0.29) is 5.78 Å². The molecule has 0 fully saturated rings. The van der Waals surface area contributed by atoms with Crippen molar-refractivity contribution in [3.63, 3.8) is 0 Å². The molecule has 0 heterocycles. The molecule has 1 amide bonds. The van der Waals surface area contributed by atoms with E-state index in [4.69, 9.17) is 34.8 Å². The Morgan fingerprint density at radius 3 is 2.21 bits per heavy atom. The van der Waals surface area contributed by atoms with Crippen LogP contribution in [0.2, 0.25) is 15.1 Å². The Kier molecular flexibility index (Phi) is 6.53. The van der Waals surface area contributed by atoms with Crippen molar-refractivity contribution in [3.8, 4) is 0 Å². The lowest BCUT2D eigenvalue weighted by atomic mass is 10.0. The summed E-state index contributed by atoms with van der Waals surface area (Å²) in [6.45, 7) is 0. The first-order valence-electron chi connectivity index (χ1n) is 8.27. The molecule has 3 aromatic rings. The summed E-state index contributed by atoms with van der Waals surface area (Å²) < 4.78 is 0. The standard InChI is InChI=1S/C22H14Cl3NO2/c23-16-9-10-20(18(12-16)22(28)15-4-2-1-3-5-15)26-21(27)11-7-14-6-8-17(24)13-19(14)25/h1-13H,(H,26,27)/b11-7+. The highest BCUT2D eigenvalue weighted by Crippen LogP contribution is 2.25. The van der Waals surface area contributed by atoms with Gasteiger partial charge < -0.3 is 5.32 Å². The van der Waals surface area contributed by atoms with Crippen LogP contribution in [-0.4, -0.2) is 11.7 Å². The summed E-state index contributed by atoms with van der Waals surface area (Å²) in [6.07, 6.45) is 2.91. The van der Waals surface area contributed by atoms with E-state index >= 15 is 0 Å². The molecule has 0 bridgehead atoms. The fraction of sp³-hybridized carbons (Fsp3) is 0. The number of ketones is 1. The Morgan fingerprint density at radius 2 is 1.50 bits per heavy atom. The van der Waals surface area contributed by atoms with Crippen LogP contribution in [0, 0.1) is 0 Å². The summed E-state index contributed by atoms with van der Waals surface area (Å²) in [5.41, 5.74) is 1.83. The second-order valence-corrected chi connectivity index (χ2v) is 7.15. The molecule has 140 valence electrons. The summed E-state index contributed by atoms with van der Waals surface area (Å²) in [7, 11) is 0. The minimum Gasteiger partial charge on any atom is -0.322 e. The fourth-order valence-electron chi connectivity index (χ4n) is 2.53. The highest BCUT2D eigenvalue weighted by molar-refractivity contribution is 6.35. The first kappa shape index (κ1) is 20.2. The lowest BCUT2D eigenvalue weighted by Crippen LogP contribution is -2.12. The molecular weight excluding hydrogens is 417 g/mol. The van der Waals surface area contributed by atoms with Crippen molar-refractivity contribution >= 4 is 58.3 Å². The van der Waals surface area contributed by atoms with E-state index in [0.29, 0.717) is 37.4 Å². The van der Waals surface area contributed by atoms with Crippen molar-refractivity contribution in [2.45, 2.75) is 0 Å². The minimum absolute atomic E-state index is 0.233. The maximum absolute atomic E-state index is 12.8. The van der Waals surface area contributed by atoms with Gasteiger partial charge in [0.2, 0.25) is 5.91 Å². The average Bonchev–Trinajstić information content (AvgIpc) is 2.69. The SMILES string of the molecule is O=C(/C=C/c1ccc(Cl)cc1Cl)Nc1ccc(Cl)cc1C(=O)c1ccccc1. The number of halogens is 3. The molecular formula is C22H14Cl3NO2. The van der Waals surface area contributed by atoms with E-state index in [2.05, 4.69) is 5.32 Å². The third-order valence-corrected chi connectivity index (χ3v) is 4.69. The smallest absolute Gasteiger partial charge is 0.248 e. The first-order valence-corrected chi connectivity index (χ1v) is 9.41. The Balaban J connectivity index is 1.83. The van der Waals surface area contributed by atoms with Crippen LogP contribution in [0.4, 0.5) is 5.69 Å². The van der Waals surface area contributed by atoms with E-state index in [1.807, 2.05) is 6.07 Å². The zero-order valence-corrected chi connectivity index (χ0v) is 16.7. The first-order chi connectivity index (χ1) is 13.4. The third kappa shape index (κ3) is 5.02. The fourth-order valence-corrected chi connectivity index (χ4v) is 3.18. The summed E-state index contributed by atoms with van der Waals surface area (Å²) in [4.78, 5) is 25.1. The van der Waals surface area contributed by atoms with Gasteiger partial charge in [0, 0.05) is 32.3 Å². The van der Waals surface area contributed by atoms with Crippen LogP contribution in [0.3, 0.4) is 0 Å². The molecule has 1 N–H and O–H groups in total. The number of rotatable bonds is 5. The highest BCUT2D eigenvalue weighted by atomic mass is 35.5. The summed E-state index contributed by atoms with van der Waals surface area (Å²) >= 11 is 18.0. The van der Waals surface area contributed by atoms with Crippen LogP contribution in [0.25, 0.3) is 6.08 Å². The van der Waals surface area contributed by atoms with Crippen LogP contribution in [-0.2, 0) is 4.79 Å². The molecule has 0 saturated heterocycles. The molecule has 28 heavy (non-hydrogen) atoms. The van der Waals surface area contributed by atoms with Crippen molar-refractivity contribution in [2.75, 3.05) is 5.32 Å². The van der Waals surface area contributed by atoms with Crippen LogP contribution in [0.15, 0.2) is 72.8 Å². The van der Waals surface area contributed by atoms with Crippen molar-refractivity contribution in [1.82, 2.24) is 0 Å². The quantitative estimate of drug-likeness (QED) is 0.369. The van der Waals surface area contributed by atoms with Crippen LogP contribution in [0.1, 0.15) is 21.5 Å². The number of benzene rings is 3. The Labute approximate surface area is 177 Å². The van der Waals surface area contributed by atoms with Crippen molar-refractivity contribution < 1.29 is 9.59 Å². The van der Waals surface area contributed by atoms with E-state index in [9.17, 15) is 9.59 Å². The molecule has 3 nitrogen and oxygen atoms in total. The molecule has 0 unspecified atom stereocenters. The number of anilines is 1. The van der Waals surface area contributed by atoms with Gasteiger partial charge in [0.1, 0.15) is 0 Å². The molecule has 0 atom stereocenters. The molecule has 3 aromatic carbocycles. The van der Waals surface area contributed by atoms with Gasteiger partial charge in [0.15, 0.2) is 5.78 Å². The molecule has 0 aliphatic carbocycles. The predicted octanol–water partition coefficient (Wildman–Crippen LogP) is 6.53. The molecule has 0 aliphatic heterocycles. The third-order valence-electron chi connectivity index (χ3n) is 3.90. The lowest BCUT2D eigenvalue weighted by Gasteiger charge is -2.10. The number of carbonyl (C=O) groups is 2. The van der Waals surface area contributed by atoms with Crippen molar-refractivity contribution in [3.05, 3.63) is 105 Å². The minimum atomic E-state index is -0.407. The Bertz CT molecular complexity index is 1060. The van der Waals surface area contributed by atoms with Crippen LogP contribution >= 0.6 is 34.8 Å². The molecule has 6 heteroatoms. The van der Waals surface area contributed by atoms with E-state index < -0.39 is 5.91 Å². The molecule has 0 aromatic heterocycles. The van der Waals surface area contributed by atoms with Gasteiger partial charge in [0.25, 0.3) is 0 Å². The average molecular weight is 431 g/mol. The van der Waals surface area contributed by atoms with E-state index in [1.54, 1.807) is 60.7 Å². The van der Waals surface area contributed by atoms with Crippen molar-refractivity contribution in [2.24, 2.45) is 0 Å².